The van der Waals surface area contributed by atoms with Gasteiger partial charge in [-0.25, -0.2) is 8.42 Å². The van der Waals surface area contributed by atoms with Crippen LogP contribution in [0, 0.1) is 0 Å². The van der Waals surface area contributed by atoms with Crippen molar-refractivity contribution in [2.24, 2.45) is 0 Å². The van der Waals surface area contributed by atoms with E-state index < -0.39 is 10.0 Å². The van der Waals surface area contributed by atoms with E-state index in [0.29, 0.717) is 18.0 Å². The van der Waals surface area contributed by atoms with E-state index in [1.807, 2.05) is 6.92 Å². The molecular formula is C13H20N2O3S. The highest BCUT2D eigenvalue weighted by Crippen LogP contribution is 2.26. The zero-order valence-electron chi connectivity index (χ0n) is 11.3. The van der Waals surface area contributed by atoms with Crippen molar-refractivity contribution in [3.05, 3.63) is 30.9 Å². The van der Waals surface area contributed by atoms with Crippen LogP contribution in [0.15, 0.2) is 35.7 Å². The molecular weight excluding hydrogens is 264 g/mol. The van der Waals surface area contributed by atoms with Gasteiger partial charge in [0.05, 0.1) is 17.7 Å². The lowest BCUT2D eigenvalue weighted by Gasteiger charge is -2.20. The van der Waals surface area contributed by atoms with Crippen molar-refractivity contribution < 1.29 is 13.2 Å². The smallest absolute Gasteiger partial charge is 0.243 e. The topological polar surface area (TPSA) is 72.6 Å². The summed E-state index contributed by atoms with van der Waals surface area (Å²) in [7, 11) is -2.09. The van der Waals surface area contributed by atoms with E-state index in [0.717, 1.165) is 6.42 Å². The number of benzene rings is 1. The van der Waals surface area contributed by atoms with E-state index in [1.165, 1.54) is 29.6 Å². The third kappa shape index (κ3) is 3.48. The third-order valence-corrected chi connectivity index (χ3v) is 4.51. The van der Waals surface area contributed by atoms with Gasteiger partial charge >= 0.3 is 0 Å². The second-order valence-electron chi connectivity index (χ2n) is 4.06. The van der Waals surface area contributed by atoms with Crippen LogP contribution in [0.5, 0.6) is 5.75 Å². The standard InChI is InChI=1S/C13H20N2O3S/c1-4-8-15(9-5-2)19(16,17)11-6-7-12(14)13(10-11)18-3/h4,6-7,10H,1,5,8-9,14H2,2-3H3. The number of sulfonamides is 1. The van der Waals surface area contributed by atoms with Crippen LogP contribution in [0.2, 0.25) is 0 Å². The number of anilines is 1. The molecule has 0 amide bonds. The number of nitrogens with two attached hydrogens (primary N) is 1. The Balaban J connectivity index is 3.20. The quantitative estimate of drug-likeness (QED) is 0.613. The Hall–Kier alpha value is -1.53. The van der Waals surface area contributed by atoms with Gasteiger partial charge in [0.1, 0.15) is 5.75 Å². The van der Waals surface area contributed by atoms with Gasteiger partial charge in [-0.2, -0.15) is 4.31 Å². The predicted molar refractivity (Wildman–Crippen MR) is 76.7 cm³/mol. The fraction of sp³-hybridized carbons (Fsp3) is 0.385. The molecule has 1 rings (SSSR count). The first kappa shape index (κ1) is 15.5. The van der Waals surface area contributed by atoms with E-state index in [-0.39, 0.29) is 11.4 Å². The van der Waals surface area contributed by atoms with Crippen LogP contribution in [0.4, 0.5) is 5.69 Å². The molecule has 0 saturated heterocycles. The molecule has 5 nitrogen and oxygen atoms in total. The van der Waals surface area contributed by atoms with Crippen molar-refractivity contribution >= 4 is 15.7 Å². The summed E-state index contributed by atoms with van der Waals surface area (Å²) < 4.78 is 31.4. The van der Waals surface area contributed by atoms with Crippen LogP contribution in [0.25, 0.3) is 0 Å². The zero-order valence-corrected chi connectivity index (χ0v) is 12.1. The molecule has 6 heteroatoms. The van der Waals surface area contributed by atoms with Crippen molar-refractivity contribution in [3.63, 3.8) is 0 Å². The van der Waals surface area contributed by atoms with Crippen molar-refractivity contribution in [1.82, 2.24) is 4.31 Å². The van der Waals surface area contributed by atoms with Gasteiger partial charge in [-0.15, -0.1) is 6.58 Å². The molecule has 0 unspecified atom stereocenters. The van der Waals surface area contributed by atoms with Gasteiger partial charge in [0.2, 0.25) is 10.0 Å². The minimum atomic E-state index is -3.55. The van der Waals surface area contributed by atoms with Gasteiger partial charge in [0, 0.05) is 19.2 Å². The molecule has 0 saturated carbocycles. The monoisotopic (exact) mass is 284 g/mol. The Morgan fingerprint density at radius 2 is 2.16 bits per heavy atom. The first-order chi connectivity index (χ1) is 8.97. The average molecular weight is 284 g/mol. The Labute approximate surface area is 114 Å². The van der Waals surface area contributed by atoms with Gasteiger partial charge in [-0.1, -0.05) is 13.0 Å². The van der Waals surface area contributed by atoms with E-state index in [9.17, 15) is 8.42 Å². The number of ether oxygens (including phenoxy) is 1. The molecule has 0 radical (unpaired) electrons. The van der Waals surface area contributed by atoms with Crippen LogP contribution in [-0.4, -0.2) is 32.9 Å². The molecule has 2 N–H and O–H groups in total. The lowest BCUT2D eigenvalue weighted by atomic mass is 10.3. The molecule has 0 atom stereocenters. The second kappa shape index (κ2) is 6.58. The number of hydrogen-bond donors (Lipinski definition) is 1. The second-order valence-corrected chi connectivity index (χ2v) is 5.99. The fourth-order valence-electron chi connectivity index (χ4n) is 1.70. The highest BCUT2D eigenvalue weighted by Gasteiger charge is 2.23. The summed E-state index contributed by atoms with van der Waals surface area (Å²) in [5, 5.41) is 0. The molecule has 1 aromatic carbocycles. The normalized spacial score (nSPS) is 11.5. The van der Waals surface area contributed by atoms with Crippen molar-refractivity contribution in [3.8, 4) is 5.75 Å². The van der Waals surface area contributed by atoms with E-state index in [4.69, 9.17) is 10.5 Å². The van der Waals surface area contributed by atoms with Gasteiger partial charge < -0.3 is 10.5 Å². The minimum Gasteiger partial charge on any atom is -0.495 e. The molecule has 0 fully saturated rings. The van der Waals surface area contributed by atoms with Gasteiger partial charge in [0.25, 0.3) is 0 Å². The van der Waals surface area contributed by atoms with Crippen LogP contribution in [0.3, 0.4) is 0 Å². The largest absolute Gasteiger partial charge is 0.495 e. The maximum atomic E-state index is 12.5. The van der Waals surface area contributed by atoms with Crippen molar-refractivity contribution in [2.75, 3.05) is 25.9 Å². The SMILES string of the molecule is C=CCN(CCC)S(=O)(=O)c1ccc(N)c(OC)c1. The molecule has 19 heavy (non-hydrogen) atoms. The van der Waals surface area contributed by atoms with Crippen LogP contribution in [0.1, 0.15) is 13.3 Å². The summed E-state index contributed by atoms with van der Waals surface area (Å²) in [5.41, 5.74) is 6.10. The number of nitrogens with zero attached hydrogens (tertiary/aromatic N) is 1. The molecule has 0 spiro atoms. The number of nitrogen functional groups attached to an aromatic ring is 1. The molecule has 0 bridgehead atoms. The summed E-state index contributed by atoms with van der Waals surface area (Å²) in [4.78, 5) is 0.175. The highest BCUT2D eigenvalue weighted by atomic mass is 32.2. The van der Waals surface area contributed by atoms with Gasteiger partial charge in [-0.3, -0.25) is 0 Å². The summed E-state index contributed by atoms with van der Waals surface area (Å²) in [6, 6.07) is 4.46. The number of hydrogen-bond acceptors (Lipinski definition) is 4. The number of rotatable bonds is 7. The molecule has 0 aliphatic heterocycles. The minimum absolute atomic E-state index is 0.175. The lowest BCUT2D eigenvalue weighted by Crippen LogP contribution is -2.32. The van der Waals surface area contributed by atoms with Crippen molar-refractivity contribution in [1.29, 1.82) is 0 Å². The van der Waals surface area contributed by atoms with E-state index >= 15 is 0 Å². The summed E-state index contributed by atoms with van der Waals surface area (Å²) >= 11 is 0. The van der Waals surface area contributed by atoms with E-state index in [2.05, 4.69) is 6.58 Å². The Kier molecular flexibility index (Phi) is 5.38. The number of methoxy groups -OCH3 is 1. The van der Waals surface area contributed by atoms with Gasteiger partial charge in [0.15, 0.2) is 0 Å². The maximum Gasteiger partial charge on any atom is 0.243 e. The zero-order chi connectivity index (χ0) is 14.5. The maximum absolute atomic E-state index is 12.5. The van der Waals surface area contributed by atoms with E-state index in [1.54, 1.807) is 6.08 Å². The van der Waals surface area contributed by atoms with Crippen LogP contribution in [-0.2, 0) is 10.0 Å². The lowest BCUT2D eigenvalue weighted by molar-refractivity contribution is 0.414. The summed E-state index contributed by atoms with van der Waals surface area (Å²) in [5.74, 6) is 0.358. The van der Waals surface area contributed by atoms with Crippen molar-refractivity contribution in [2.45, 2.75) is 18.2 Å². The molecule has 0 aliphatic carbocycles. The summed E-state index contributed by atoms with van der Waals surface area (Å²) in [6.07, 6.45) is 2.31. The Morgan fingerprint density at radius 1 is 1.47 bits per heavy atom. The Bertz CT molecular complexity index is 541. The third-order valence-electron chi connectivity index (χ3n) is 2.65. The molecule has 106 valence electrons. The Morgan fingerprint density at radius 3 is 2.68 bits per heavy atom. The first-order valence-electron chi connectivity index (χ1n) is 6.02. The molecule has 1 aromatic rings. The summed E-state index contributed by atoms with van der Waals surface area (Å²) in [6.45, 7) is 6.24. The molecule has 0 heterocycles. The molecule has 0 aliphatic rings. The van der Waals surface area contributed by atoms with Gasteiger partial charge in [-0.05, 0) is 18.6 Å². The predicted octanol–water partition coefficient (Wildman–Crippen LogP) is 1.86. The van der Waals surface area contributed by atoms with Crippen LogP contribution < -0.4 is 10.5 Å². The average Bonchev–Trinajstić information content (AvgIpc) is 2.38. The fourth-order valence-corrected chi connectivity index (χ4v) is 3.22. The van der Waals surface area contributed by atoms with Crippen LogP contribution >= 0.6 is 0 Å². The highest BCUT2D eigenvalue weighted by molar-refractivity contribution is 7.89. The first-order valence-corrected chi connectivity index (χ1v) is 7.46. The molecule has 0 aromatic heterocycles.